The number of fused-ring (bicyclic) bond motifs is 2. The van der Waals surface area contributed by atoms with Gasteiger partial charge in [0.25, 0.3) is 0 Å². The molecular formula is C16H13NaO3S. The summed E-state index contributed by atoms with van der Waals surface area (Å²) in [4.78, 5) is 12.5. The Hall–Kier alpha value is -0.910. The molecule has 0 aliphatic heterocycles. The predicted octanol–water partition coefficient (Wildman–Crippen LogP) is -0.00751. The van der Waals surface area contributed by atoms with E-state index in [1.54, 1.807) is 23.5 Å². The number of ether oxygens (including phenoxy) is 1. The second-order valence-corrected chi connectivity index (χ2v) is 5.63. The summed E-state index contributed by atoms with van der Waals surface area (Å²) in [5, 5.41) is 10.5. The Labute approximate surface area is 148 Å². The van der Waals surface area contributed by atoms with Crippen LogP contribution in [0.4, 0.5) is 0 Å². The molecule has 3 aromatic rings. The second-order valence-electron chi connectivity index (χ2n) is 4.55. The van der Waals surface area contributed by atoms with Crippen molar-refractivity contribution in [3.05, 3.63) is 59.6 Å². The molecule has 21 heavy (non-hydrogen) atoms. The van der Waals surface area contributed by atoms with Crippen LogP contribution in [0.5, 0.6) is 5.75 Å². The second kappa shape index (κ2) is 6.90. The number of hydrogen-bond acceptors (Lipinski definition) is 4. The van der Waals surface area contributed by atoms with Gasteiger partial charge in [-0.3, -0.25) is 4.79 Å². The van der Waals surface area contributed by atoms with Crippen molar-refractivity contribution in [2.45, 2.75) is 6.10 Å². The van der Waals surface area contributed by atoms with Crippen LogP contribution >= 0.6 is 11.3 Å². The first-order chi connectivity index (χ1) is 9.65. The maximum absolute atomic E-state index is 12.5. The van der Waals surface area contributed by atoms with Crippen molar-refractivity contribution in [3.8, 4) is 5.75 Å². The van der Waals surface area contributed by atoms with Crippen LogP contribution in [-0.4, -0.2) is 17.8 Å². The average molecular weight is 308 g/mol. The van der Waals surface area contributed by atoms with Gasteiger partial charge in [0.05, 0.1) is 6.61 Å². The molecule has 1 N–H and O–H groups in total. The third-order valence-corrected chi connectivity index (χ3v) is 4.14. The molecule has 1 unspecified atom stereocenters. The predicted molar refractivity (Wildman–Crippen MR) is 82.5 cm³/mol. The molecule has 0 saturated carbocycles. The van der Waals surface area contributed by atoms with Gasteiger partial charge in [-0.1, -0.05) is 12.1 Å². The fraction of sp³-hybridized carbons (Fsp3) is 0.125. The molecule has 3 nitrogen and oxygen atoms in total. The minimum absolute atomic E-state index is 0. The van der Waals surface area contributed by atoms with Gasteiger partial charge in [-0.25, -0.2) is 0 Å². The molecule has 0 aliphatic carbocycles. The number of rotatable bonds is 3. The van der Waals surface area contributed by atoms with E-state index in [-0.39, 0.29) is 41.6 Å². The van der Waals surface area contributed by atoms with Crippen molar-refractivity contribution in [3.63, 3.8) is 0 Å². The van der Waals surface area contributed by atoms with Crippen molar-refractivity contribution in [2.24, 2.45) is 0 Å². The van der Waals surface area contributed by atoms with Crippen molar-refractivity contribution in [2.75, 3.05) is 6.61 Å². The summed E-state index contributed by atoms with van der Waals surface area (Å²) in [6, 6.07) is 13.0. The van der Waals surface area contributed by atoms with E-state index in [4.69, 9.17) is 9.84 Å². The van der Waals surface area contributed by atoms with Crippen LogP contribution in [0.25, 0.3) is 20.2 Å². The first-order valence-corrected chi connectivity index (χ1v) is 7.06. The molecule has 1 heterocycles. The van der Waals surface area contributed by atoms with Crippen LogP contribution in [-0.2, 0) is 0 Å². The van der Waals surface area contributed by atoms with Gasteiger partial charge in [0, 0.05) is 20.2 Å². The summed E-state index contributed by atoms with van der Waals surface area (Å²) >= 11 is 1.58. The zero-order valence-electron chi connectivity index (χ0n) is 11.7. The summed E-state index contributed by atoms with van der Waals surface area (Å²) in [6.07, 6.45) is -0.781. The number of aliphatic hydroxyl groups excluding tert-OH is 1. The molecule has 2 aromatic carbocycles. The minimum Gasteiger partial charge on any atom is -0.494 e. The number of hydrogen-bond donors (Lipinski definition) is 1. The van der Waals surface area contributed by atoms with E-state index in [2.05, 4.69) is 6.92 Å². The smallest absolute Gasteiger partial charge is 0.494 e. The van der Waals surface area contributed by atoms with Crippen LogP contribution in [0.15, 0.2) is 47.3 Å². The van der Waals surface area contributed by atoms with E-state index in [1.807, 2.05) is 30.3 Å². The molecule has 0 spiro atoms. The van der Waals surface area contributed by atoms with Crippen LogP contribution in [0, 0.1) is 6.92 Å². The Kier molecular flexibility index (Phi) is 5.41. The third kappa shape index (κ3) is 3.47. The Bertz CT molecular complexity index is 826. The van der Waals surface area contributed by atoms with Gasteiger partial charge >= 0.3 is 29.6 Å². The molecule has 1 atom stereocenters. The summed E-state index contributed by atoms with van der Waals surface area (Å²) < 4.78 is 7.30. The molecule has 102 valence electrons. The summed E-state index contributed by atoms with van der Waals surface area (Å²) in [7, 11) is 0. The van der Waals surface area contributed by atoms with Crippen molar-refractivity contribution < 1.29 is 39.4 Å². The van der Waals surface area contributed by atoms with Gasteiger partial charge in [0.2, 0.25) is 0 Å². The Morgan fingerprint density at radius 1 is 1.14 bits per heavy atom. The Morgan fingerprint density at radius 2 is 1.86 bits per heavy atom. The van der Waals surface area contributed by atoms with E-state index in [1.165, 1.54) is 0 Å². The summed E-state index contributed by atoms with van der Waals surface area (Å²) in [5.41, 5.74) is 0.00923. The minimum atomic E-state index is -0.781. The zero-order chi connectivity index (χ0) is 14.1. The number of benzene rings is 2. The van der Waals surface area contributed by atoms with Gasteiger partial charge in [0.15, 0.2) is 5.43 Å². The average Bonchev–Trinajstić information content (AvgIpc) is 2.46. The van der Waals surface area contributed by atoms with Gasteiger partial charge in [-0.2, -0.15) is 0 Å². The van der Waals surface area contributed by atoms with Crippen molar-refractivity contribution >= 4 is 31.5 Å². The van der Waals surface area contributed by atoms with Crippen LogP contribution in [0.1, 0.15) is 0 Å². The quantitative estimate of drug-likeness (QED) is 0.421. The topological polar surface area (TPSA) is 46.5 Å². The third-order valence-electron chi connectivity index (χ3n) is 2.99. The standard InChI is InChI=1S/C16H13O3S.Na/c1-10(17)9-19-11-6-7-15-13(8-11)16(18)12-4-2-3-5-14(12)20-15;/h2-8,10,17H,1,9H2;/q-1;+1. The largest absolute Gasteiger partial charge is 1.00 e. The molecule has 5 heteroatoms. The Balaban J connectivity index is 0.00000161. The van der Waals surface area contributed by atoms with Gasteiger partial charge in [0.1, 0.15) is 5.75 Å². The number of aliphatic hydroxyl groups is 1. The van der Waals surface area contributed by atoms with E-state index in [0.717, 1.165) is 14.8 Å². The van der Waals surface area contributed by atoms with Crippen LogP contribution < -0.4 is 39.7 Å². The molecule has 0 saturated heterocycles. The normalized spacial score (nSPS) is 12.1. The summed E-state index contributed by atoms with van der Waals surface area (Å²) in [6.45, 7) is 3.55. The van der Waals surface area contributed by atoms with E-state index >= 15 is 0 Å². The van der Waals surface area contributed by atoms with E-state index in [0.29, 0.717) is 11.1 Å². The van der Waals surface area contributed by atoms with Crippen molar-refractivity contribution in [1.29, 1.82) is 0 Å². The van der Waals surface area contributed by atoms with Crippen LogP contribution in [0.3, 0.4) is 0 Å². The molecule has 0 bridgehead atoms. The zero-order valence-corrected chi connectivity index (χ0v) is 14.5. The maximum Gasteiger partial charge on any atom is 1.00 e. The summed E-state index contributed by atoms with van der Waals surface area (Å²) in [5.74, 6) is 0.569. The van der Waals surface area contributed by atoms with Crippen molar-refractivity contribution in [1.82, 2.24) is 0 Å². The monoisotopic (exact) mass is 308 g/mol. The maximum atomic E-state index is 12.5. The van der Waals surface area contributed by atoms with E-state index in [9.17, 15) is 4.79 Å². The molecule has 3 rings (SSSR count). The van der Waals surface area contributed by atoms with Gasteiger partial charge in [-0.05, 0) is 36.4 Å². The molecular weight excluding hydrogens is 295 g/mol. The molecule has 1 aromatic heterocycles. The molecule has 0 fully saturated rings. The molecule has 0 aliphatic rings. The molecule has 0 radical (unpaired) electrons. The van der Waals surface area contributed by atoms with Gasteiger partial charge in [-0.15, -0.1) is 11.3 Å². The first kappa shape index (κ1) is 16.5. The van der Waals surface area contributed by atoms with E-state index < -0.39 is 6.10 Å². The van der Waals surface area contributed by atoms with Crippen LogP contribution in [0.2, 0.25) is 0 Å². The SMILES string of the molecule is [CH2-]C(O)COc1ccc2sc3ccccc3c(=O)c2c1.[Na+]. The van der Waals surface area contributed by atoms with Gasteiger partial charge < -0.3 is 16.8 Å². The fourth-order valence-corrected chi connectivity index (χ4v) is 3.12. The Morgan fingerprint density at radius 3 is 2.62 bits per heavy atom. The first-order valence-electron chi connectivity index (χ1n) is 6.25. The molecule has 0 amide bonds. The fourth-order valence-electron chi connectivity index (χ4n) is 2.06.